The van der Waals surface area contributed by atoms with Crippen LogP contribution in [0.15, 0.2) is 35.5 Å². The van der Waals surface area contributed by atoms with Crippen LogP contribution < -0.4 is 19.9 Å². The molecule has 2 aliphatic rings. The van der Waals surface area contributed by atoms with Gasteiger partial charge in [0.1, 0.15) is 16.7 Å². The Labute approximate surface area is 240 Å². The number of nitrogens with one attached hydrogen (secondary N) is 1. The van der Waals surface area contributed by atoms with Crippen molar-refractivity contribution in [2.45, 2.75) is 44.9 Å². The fourth-order valence-electron chi connectivity index (χ4n) is 4.82. The number of hydrogen-bond donors (Lipinski definition) is 1. The summed E-state index contributed by atoms with van der Waals surface area (Å²) in [5, 5.41) is 3.77. The molecule has 0 saturated carbocycles. The number of aromatic nitrogens is 2. The number of amides is 3. The second kappa shape index (κ2) is 13.4. The topological polar surface area (TPSA) is 94.1 Å². The predicted octanol–water partition coefficient (Wildman–Crippen LogP) is 3.60. The number of piperazine rings is 2. The summed E-state index contributed by atoms with van der Waals surface area (Å²) in [5.74, 6) is 1.89. The van der Waals surface area contributed by atoms with E-state index in [1.54, 1.807) is 6.07 Å². The zero-order valence-electron chi connectivity index (χ0n) is 23.1. The average molecular weight is 576 g/mol. The minimum Gasteiger partial charge on any atom is -0.492 e. The third-order valence-corrected chi connectivity index (χ3v) is 7.77. The van der Waals surface area contributed by atoms with Crippen molar-refractivity contribution in [2.75, 3.05) is 68.0 Å². The van der Waals surface area contributed by atoms with Gasteiger partial charge >= 0.3 is 6.03 Å². The molecule has 2 aromatic rings. The largest absolute Gasteiger partial charge is 0.492 e. The molecule has 1 aromatic carbocycles. The fourth-order valence-corrected chi connectivity index (χ4v) is 5.80. The predicted molar refractivity (Wildman–Crippen MR) is 156 cm³/mol. The molecule has 39 heavy (non-hydrogen) atoms. The van der Waals surface area contributed by atoms with Gasteiger partial charge in [0.15, 0.2) is 5.16 Å². The number of rotatable bonds is 8. The van der Waals surface area contributed by atoms with E-state index in [1.165, 1.54) is 11.8 Å². The van der Waals surface area contributed by atoms with Gasteiger partial charge < -0.3 is 29.7 Å². The van der Waals surface area contributed by atoms with Crippen LogP contribution in [0.1, 0.15) is 27.7 Å². The van der Waals surface area contributed by atoms with Crippen molar-refractivity contribution in [2.24, 2.45) is 0 Å². The van der Waals surface area contributed by atoms with Crippen LogP contribution in [0.5, 0.6) is 5.75 Å². The smallest absolute Gasteiger partial charge is 0.317 e. The van der Waals surface area contributed by atoms with Gasteiger partial charge in [0.05, 0.1) is 18.0 Å². The molecular weight excluding hydrogens is 538 g/mol. The Morgan fingerprint density at radius 2 is 1.82 bits per heavy atom. The van der Waals surface area contributed by atoms with Crippen LogP contribution in [-0.2, 0) is 4.79 Å². The van der Waals surface area contributed by atoms with Crippen molar-refractivity contribution in [1.82, 2.24) is 25.1 Å². The van der Waals surface area contributed by atoms with E-state index >= 15 is 0 Å². The summed E-state index contributed by atoms with van der Waals surface area (Å²) >= 11 is 7.64. The number of carbonyl (C=O) groups is 2. The summed E-state index contributed by atoms with van der Waals surface area (Å²) in [6, 6.07) is 9.83. The lowest BCUT2D eigenvalue weighted by Gasteiger charge is -2.40. The normalized spacial score (nSPS) is 17.9. The van der Waals surface area contributed by atoms with Gasteiger partial charge in [-0.25, -0.2) is 14.8 Å². The Bertz CT molecular complexity index is 1150. The van der Waals surface area contributed by atoms with Crippen molar-refractivity contribution in [3.63, 3.8) is 0 Å². The van der Waals surface area contributed by atoms with E-state index in [2.05, 4.69) is 31.2 Å². The second-order valence-corrected chi connectivity index (χ2v) is 11.3. The lowest BCUT2D eigenvalue weighted by molar-refractivity contribution is -0.128. The van der Waals surface area contributed by atoms with Gasteiger partial charge in [-0.05, 0) is 39.8 Å². The minimum absolute atomic E-state index is 0.0167. The van der Waals surface area contributed by atoms with Crippen LogP contribution in [0.2, 0.25) is 5.15 Å². The van der Waals surface area contributed by atoms with Crippen molar-refractivity contribution < 1.29 is 14.3 Å². The molecule has 0 aliphatic carbocycles. The summed E-state index contributed by atoms with van der Waals surface area (Å²) in [6.07, 6.45) is 0. The van der Waals surface area contributed by atoms with Gasteiger partial charge in [0.25, 0.3) is 0 Å². The van der Waals surface area contributed by atoms with Crippen LogP contribution >= 0.6 is 23.4 Å². The Kier molecular flexibility index (Phi) is 10.0. The molecule has 1 unspecified atom stereocenters. The second-order valence-electron chi connectivity index (χ2n) is 9.98. The van der Waals surface area contributed by atoms with Crippen LogP contribution in [-0.4, -0.2) is 102 Å². The first-order valence-corrected chi connectivity index (χ1v) is 14.9. The molecule has 212 valence electrons. The molecule has 2 aliphatic heterocycles. The highest BCUT2D eigenvalue weighted by atomic mass is 35.5. The first-order chi connectivity index (χ1) is 18.7. The summed E-state index contributed by atoms with van der Waals surface area (Å²) in [5.41, 5.74) is 1.07. The first-order valence-electron chi connectivity index (χ1n) is 13.5. The molecule has 10 nitrogen and oxygen atoms in total. The number of para-hydroxylation sites is 2. The molecule has 1 aromatic heterocycles. The highest BCUT2D eigenvalue weighted by molar-refractivity contribution is 7.99. The van der Waals surface area contributed by atoms with E-state index in [0.717, 1.165) is 24.5 Å². The van der Waals surface area contributed by atoms with Crippen LogP contribution in [0, 0.1) is 0 Å². The average Bonchev–Trinajstić information content (AvgIpc) is 2.91. The molecule has 1 N–H and O–H groups in total. The van der Waals surface area contributed by atoms with Crippen LogP contribution in [0.25, 0.3) is 0 Å². The Morgan fingerprint density at radius 3 is 2.51 bits per heavy atom. The number of thioether (sulfide) groups is 1. The van der Waals surface area contributed by atoms with Gasteiger partial charge in [-0.3, -0.25) is 4.79 Å². The number of benzene rings is 1. The third-order valence-electron chi connectivity index (χ3n) is 6.75. The molecule has 0 bridgehead atoms. The highest BCUT2D eigenvalue weighted by Crippen LogP contribution is 2.29. The molecule has 0 spiro atoms. The summed E-state index contributed by atoms with van der Waals surface area (Å²) < 4.78 is 5.78. The maximum absolute atomic E-state index is 13.0. The Morgan fingerprint density at radius 1 is 1.10 bits per heavy atom. The summed E-state index contributed by atoms with van der Waals surface area (Å²) in [7, 11) is 0. The minimum atomic E-state index is -0.0491. The summed E-state index contributed by atoms with van der Waals surface area (Å²) in [6.45, 7) is 13.2. The van der Waals surface area contributed by atoms with Gasteiger partial charge in [-0.1, -0.05) is 35.5 Å². The lowest BCUT2D eigenvalue weighted by Crippen LogP contribution is -2.57. The number of ether oxygens (including phenoxy) is 1. The molecule has 2 fully saturated rings. The van der Waals surface area contributed by atoms with Crippen molar-refractivity contribution >= 4 is 46.8 Å². The Hall–Kier alpha value is -2.92. The van der Waals surface area contributed by atoms with E-state index in [4.69, 9.17) is 16.3 Å². The molecule has 12 heteroatoms. The molecule has 1 atom stereocenters. The third kappa shape index (κ3) is 7.60. The molecule has 3 heterocycles. The molecular formula is C27H38ClN7O3S. The van der Waals surface area contributed by atoms with E-state index in [0.29, 0.717) is 55.5 Å². The quantitative estimate of drug-likeness (QED) is 0.290. The van der Waals surface area contributed by atoms with E-state index in [9.17, 15) is 9.59 Å². The van der Waals surface area contributed by atoms with E-state index in [1.807, 2.05) is 55.7 Å². The van der Waals surface area contributed by atoms with E-state index in [-0.39, 0.29) is 29.8 Å². The highest BCUT2D eigenvalue weighted by Gasteiger charge is 2.29. The SMILES string of the molecule is CCOc1ccccc1N1CCN(C(=O)CSc2nc(Cl)cc(N3CCN(C(=O)NC(C)C)C(C)C3)n2)CC1. The number of halogens is 1. The molecule has 3 amide bonds. The van der Waals surface area contributed by atoms with Gasteiger partial charge in [0.2, 0.25) is 5.91 Å². The Balaban J connectivity index is 1.30. The number of anilines is 2. The number of hydrogen-bond acceptors (Lipinski definition) is 8. The van der Waals surface area contributed by atoms with Gasteiger partial charge in [-0.15, -0.1) is 0 Å². The zero-order chi connectivity index (χ0) is 27.9. The van der Waals surface area contributed by atoms with Gasteiger partial charge in [-0.2, -0.15) is 0 Å². The first kappa shape index (κ1) is 29.1. The maximum Gasteiger partial charge on any atom is 0.317 e. The molecule has 2 saturated heterocycles. The number of carbonyl (C=O) groups excluding carboxylic acids is 2. The number of nitrogens with zero attached hydrogens (tertiary/aromatic N) is 6. The van der Waals surface area contributed by atoms with Crippen molar-refractivity contribution in [1.29, 1.82) is 0 Å². The van der Waals surface area contributed by atoms with E-state index < -0.39 is 0 Å². The monoisotopic (exact) mass is 575 g/mol. The van der Waals surface area contributed by atoms with Crippen molar-refractivity contribution in [3.8, 4) is 5.75 Å². The zero-order valence-corrected chi connectivity index (χ0v) is 24.7. The lowest BCUT2D eigenvalue weighted by atomic mass is 10.2. The van der Waals surface area contributed by atoms with Crippen molar-refractivity contribution in [3.05, 3.63) is 35.5 Å². The standard InChI is InChI=1S/C27H38ClN7O3S/c1-5-38-22-9-7-6-8-21(22)32-10-12-33(13-11-32)25(36)18-39-26-30-23(28)16-24(31-26)34-14-15-35(20(4)17-34)27(37)29-19(2)3/h6-9,16,19-20H,5,10-15,17-18H2,1-4H3,(H,29,37). The number of urea groups is 1. The fraction of sp³-hybridized carbons (Fsp3) is 0.556. The summed E-state index contributed by atoms with van der Waals surface area (Å²) in [4.78, 5) is 42.6. The van der Waals surface area contributed by atoms with Crippen LogP contribution in [0.4, 0.5) is 16.3 Å². The maximum atomic E-state index is 13.0. The van der Waals surface area contributed by atoms with Crippen LogP contribution in [0.3, 0.4) is 0 Å². The molecule has 0 radical (unpaired) electrons. The van der Waals surface area contributed by atoms with Gasteiger partial charge in [0, 0.05) is 64.0 Å². The molecule has 4 rings (SSSR count).